The van der Waals surface area contributed by atoms with Gasteiger partial charge in [-0.05, 0) is 78.4 Å². The number of nitrogens with zero attached hydrogens (tertiary/aromatic N) is 1. The highest BCUT2D eigenvalue weighted by Crippen LogP contribution is 2.51. The molecular formula is C47H50F3N5O9. The van der Waals surface area contributed by atoms with Crippen molar-refractivity contribution < 1.29 is 56.8 Å². The van der Waals surface area contributed by atoms with Gasteiger partial charge in [-0.15, -0.1) is 0 Å². The summed E-state index contributed by atoms with van der Waals surface area (Å²) < 4.78 is 44.4. The summed E-state index contributed by atoms with van der Waals surface area (Å²) in [5, 5.41) is 39.6. The van der Waals surface area contributed by atoms with Crippen LogP contribution in [-0.2, 0) is 31.9 Å². The molecule has 2 amide bonds. The summed E-state index contributed by atoms with van der Waals surface area (Å²) in [6, 6.07) is 30.5. The van der Waals surface area contributed by atoms with Crippen LogP contribution < -0.4 is 26.6 Å². The summed E-state index contributed by atoms with van der Waals surface area (Å²) in [7, 11) is 4.51. The maximum atomic E-state index is 13.3. The van der Waals surface area contributed by atoms with E-state index < -0.39 is 24.3 Å². The highest BCUT2D eigenvalue weighted by atomic mass is 19.4. The van der Waals surface area contributed by atoms with E-state index >= 15 is 0 Å². The minimum Gasteiger partial charge on any atom is -0.542 e. The third kappa shape index (κ3) is 10.9. The number of aliphatic hydroxyl groups is 1. The summed E-state index contributed by atoms with van der Waals surface area (Å²) in [6.45, 7) is 1.00. The predicted octanol–water partition coefficient (Wildman–Crippen LogP) is 5.33. The van der Waals surface area contributed by atoms with E-state index in [4.69, 9.17) is 19.4 Å². The molecule has 0 unspecified atom stereocenters. The van der Waals surface area contributed by atoms with Gasteiger partial charge in [0.25, 0.3) is 0 Å². The van der Waals surface area contributed by atoms with Crippen LogP contribution in [0.2, 0.25) is 0 Å². The highest BCUT2D eigenvalue weighted by Gasteiger charge is 2.70. The molecule has 14 nitrogen and oxygen atoms in total. The number of carbonyl (C=O) groups excluding carboxylic acids is 3. The molecule has 6 N–H and O–H groups in total. The van der Waals surface area contributed by atoms with E-state index in [0.717, 1.165) is 58.1 Å². The number of carboxylic acids is 1. The van der Waals surface area contributed by atoms with Gasteiger partial charge in [0.05, 0.1) is 31.4 Å². The lowest BCUT2D eigenvalue weighted by atomic mass is 9.96. The molecule has 6 atom stereocenters. The molecule has 17 heteroatoms. The van der Waals surface area contributed by atoms with Crippen molar-refractivity contribution in [1.82, 2.24) is 10.3 Å². The number of carboxylic acid groups (broad SMARTS) is 1. The SMILES string of the molecule is C[N+]1(C)[C@@H]2C[C@@H](OC(=O)Nc3cc(CCC(=O)Nc4ccc(CCCNC[C@H](O)c5ccc(O)c6[nH]c(=O)ccc56)cc4)ccc3-c3ccccc3)C[C@H]1[C@@H]1O[C@@H]12.O=C([O-])C(F)(F)F. The molecule has 5 aromatic rings. The predicted molar refractivity (Wildman–Crippen MR) is 230 cm³/mol. The number of aliphatic carboxylic acids is 1. The third-order valence-electron chi connectivity index (χ3n) is 12.2. The van der Waals surface area contributed by atoms with Crippen molar-refractivity contribution in [3.05, 3.63) is 124 Å². The fourth-order valence-corrected chi connectivity index (χ4v) is 8.86. The van der Waals surface area contributed by atoms with Gasteiger partial charge in [-0.1, -0.05) is 60.7 Å². The number of hydrogen-bond acceptors (Lipinski definition) is 10. The van der Waals surface area contributed by atoms with Crippen LogP contribution in [0.25, 0.3) is 22.0 Å². The second-order valence-corrected chi connectivity index (χ2v) is 16.8. The number of aromatic nitrogens is 1. The second-order valence-electron chi connectivity index (χ2n) is 16.8. The number of carbonyl (C=O) groups is 3. The largest absolute Gasteiger partial charge is 0.542 e. The minimum absolute atomic E-state index is 0.0391. The maximum Gasteiger partial charge on any atom is 0.430 e. The van der Waals surface area contributed by atoms with E-state index in [9.17, 15) is 37.8 Å². The standard InChI is InChI=1S/C45H49N5O7.C2HF3O2/c1-50(2)36-24-31(25-37(50)44-43(36)57-44)56-45(55)48-35-23-28(12-16-32(35)29-8-4-3-5-9-29)13-20-40(53)47-30-14-10-27(11-15-30)7-6-22-46-26-39(52)33-17-19-38(51)42-34(33)18-21-41(54)49-42;3-2(4,5)1(6)7/h3-5,8-12,14-19,21,23,31,36-37,39,43-44,46,52H,6-7,13,20,22,24-26H2,1-2H3,(H3-,47,48,49,51,53,54,55);(H,6,7)/t31-,36-,37+,39-,43-,44+;/m0./s1. The van der Waals surface area contributed by atoms with Crippen molar-refractivity contribution in [1.29, 1.82) is 0 Å². The van der Waals surface area contributed by atoms with Crippen molar-refractivity contribution in [2.75, 3.05) is 37.8 Å². The smallest absolute Gasteiger partial charge is 0.430 e. The number of aromatic hydroxyl groups is 1. The van der Waals surface area contributed by atoms with Gasteiger partial charge in [0.15, 0.2) is 0 Å². The number of benzene rings is 4. The summed E-state index contributed by atoms with van der Waals surface area (Å²) in [5.41, 5.74) is 5.90. The number of halogens is 3. The Hall–Kier alpha value is -6.27. The number of morpholine rings is 1. The lowest BCUT2D eigenvalue weighted by molar-refractivity contribution is -0.938. The average molecular weight is 886 g/mol. The number of phenols is 1. The third-order valence-corrected chi connectivity index (χ3v) is 12.2. The number of amides is 2. The molecule has 0 spiro atoms. The zero-order valence-electron chi connectivity index (χ0n) is 35.2. The zero-order valence-corrected chi connectivity index (χ0v) is 35.2. The van der Waals surface area contributed by atoms with E-state index in [1.165, 1.54) is 12.1 Å². The molecule has 3 saturated heterocycles. The maximum absolute atomic E-state index is 13.3. The van der Waals surface area contributed by atoms with Gasteiger partial charge in [-0.3, -0.25) is 14.9 Å². The summed E-state index contributed by atoms with van der Waals surface area (Å²) in [6.07, 6.45) is -2.05. The average Bonchev–Trinajstić information content (AvgIpc) is 4.03. The number of aliphatic hydroxyl groups excluding tert-OH is 1. The quantitative estimate of drug-likeness (QED) is 0.0481. The molecule has 4 heterocycles. The van der Waals surface area contributed by atoms with Crippen molar-refractivity contribution in [2.24, 2.45) is 0 Å². The van der Waals surface area contributed by atoms with E-state index in [1.807, 2.05) is 72.8 Å². The number of ether oxygens (including phenoxy) is 2. The number of likely N-dealkylation sites (N-methyl/N-ethyl adjacent to an activating group) is 1. The van der Waals surface area contributed by atoms with E-state index in [0.29, 0.717) is 53.7 Å². The second kappa shape index (κ2) is 19.2. The van der Waals surface area contributed by atoms with Crippen LogP contribution in [-0.4, -0.2) is 101 Å². The van der Waals surface area contributed by atoms with Crippen LogP contribution in [0.15, 0.2) is 102 Å². The fourth-order valence-electron chi connectivity index (χ4n) is 8.86. The number of H-pyrrole nitrogens is 1. The zero-order chi connectivity index (χ0) is 45.8. The Bertz CT molecular complexity index is 2510. The number of aryl methyl sites for hydroxylation is 2. The Labute approximate surface area is 366 Å². The number of alkyl halides is 3. The molecule has 0 radical (unpaired) electrons. The monoisotopic (exact) mass is 885 g/mol. The number of rotatable bonds is 14. The number of anilines is 2. The molecule has 2 bridgehead atoms. The van der Waals surface area contributed by atoms with Crippen LogP contribution in [0.3, 0.4) is 0 Å². The molecule has 0 aliphatic carbocycles. The van der Waals surface area contributed by atoms with Crippen LogP contribution in [0, 0.1) is 0 Å². The van der Waals surface area contributed by atoms with Gasteiger partial charge < -0.3 is 49.7 Å². The number of fused-ring (bicyclic) bond motifs is 6. The van der Waals surface area contributed by atoms with Gasteiger partial charge in [-0.2, -0.15) is 13.2 Å². The van der Waals surface area contributed by atoms with Gasteiger partial charge in [0.2, 0.25) is 11.5 Å². The molecule has 338 valence electrons. The first-order chi connectivity index (χ1) is 30.5. The van der Waals surface area contributed by atoms with E-state index in [2.05, 4.69) is 35.0 Å². The summed E-state index contributed by atoms with van der Waals surface area (Å²) in [5.74, 6) is -3.15. The van der Waals surface area contributed by atoms with Crippen molar-refractivity contribution in [3.8, 4) is 16.9 Å². The Balaban J connectivity index is 0.000000809. The van der Waals surface area contributed by atoms with Crippen LogP contribution in [0.5, 0.6) is 5.75 Å². The van der Waals surface area contributed by atoms with Gasteiger partial charge in [-0.25, -0.2) is 4.79 Å². The fraction of sp³-hybridized carbons (Fsp3) is 0.362. The van der Waals surface area contributed by atoms with Gasteiger partial charge in [0, 0.05) is 48.5 Å². The van der Waals surface area contributed by atoms with E-state index in [-0.39, 0.29) is 41.9 Å². The Morgan fingerprint density at radius 3 is 2.25 bits per heavy atom. The number of piperidine rings is 1. The molecule has 4 aromatic carbocycles. The topological polar surface area (TPSA) is 205 Å². The van der Waals surface area contributed by atoms with Crippen molar-refractivity contribution >= 4 is 40.2 Å². The molecule has 3 fully saturated rings. The minimum atomic E-state index is -5.19. The number of quaternary nitrogens is 1. The Kier molecular flexibility index (Phi) is 13.7. The molecular weight excluding hydrogens is 836 g/mol. The lowest BCUT2D eigenvalue weighted by Crippen LogP contribution is -2.60. The Morgan fingerprint density at radius 2 is 1.58 bits per heavy atom. The first-order valence-corrected chi connectivity index (χ1v) is 21.0. The highest BCUT2D eigenvalue weighted by molar-refractivity contribution is 5.93. The molecule has 1 aromatic heterocycles. The number of epoxide rings is 1. The van der Waals surface area contributed by atoms with Crippen molar-refractivity contribution in [2.45, 2.75) is 81.2 Å². The molecule has 64 heavy (non-hydrogen) atoms. The molecule has 3 aliphatic rings. The lowest BCUT2D eigenvalue weighted by Gasteiger charge is -2.45. The Morgan fingerprint density at radius 1 is 0.906 bits per heavy atom. The number of aromatic amines is 1. The van der Waals surface area contributed by atoms with E-state index in [1.54, 1.807) is 12.1 Å². The number of nitrogens with one attached hydrogen (secondary N) is 4. The first kappa shape index (κ1) is 45.7. The van der Waals surface area contributed by atoms with Crippen molar-refractivity contribution in [3.63, 3.8) is 0 Å². The summed E-state index contributed by atoms with van der Waals surface area (Å²) in [4.78, 5) is 49.4. The normalized spacial score (nSPS) is 20.9. The molecule has 3 aliphatic heterocycles. The first-order valence-electron chi connectivity index (χ1n) is 21.0. The van der Waals surface area contributed by atoms with Gasteiger partial charge >= 0.3 is 12.3 Å². The van der Waals surface area contributed by atoms with Crippen LogP contribution in [0.1, 0.15) is 48.5 Å². The summed E-state index contributed by atoms with van der Waals surface area (Å²) >= 11 is 0. The van der Waals surface area contributed by atoms with Crippen LogP contribution >= 0.6 is 0 Å². The van der Waals surface area contributed by atoms with Gasteiger partial charge in [0.1, 0.15) is 42.1 Å². The number of phenolic OH excluding ortho intramolecular Hbond substituents is 1. The molecule has 0 saturated carbocycles. The number of pyridine rings is 1. The number of hydrogen-bond donors (Lipinski definition) is 6. The molecule has 8 rings (SSSR count). The van der Waals surface area contributed by atoms with Crippen LogP contribution in [0.4, 0.5) is 29.3 Å².